The molecule has 1 aromatic heterocycles. The molecule has 0 aliphatic carbocycles. The highest BCUT2D eigenvalue weighted by atomic mass is 79.9. The summed E-state index contributed by atoms with van der Waals surface area (Å²) in [7, 11) is 0. The molecule has 0 unspecified atom stereocenters. The summed E-state index contributed by atoms with van der Waals surface area (Å²) in [6, 6.07) is 14.6. The van der Waals surface area contributed by atoms with E-state index >= 15 is 0 Å². The molecular weight excluding hydrogens is 402 g/mol. The molecule has 2 aromatic carbocycles. The highest BCUT2D eigenvalue weighted by molar-refractivity contribution is 9.10. The highest BCUT2D eigenvalue weighted by Crippen LogP contribution is 2.31. The molecule has 1 fully saturated rings. The van der Waals surface area contributed by atoms with E-state index < -0.39 is 0 Å². The number of hydrogen-bond acceptors (Lipinski definition) is 4. The first-order valence-electron chi connectivity index (χ1n) is 9.32. The number of likely N-dealkylation sites (tertiary alicyclic amines) is 1. The fraction of sp³-hybridized carbons (Fsp3) is 0.273. The van der Waals surface area contributed by atoms with Crippen molar-refractivity contribution in [2.45, 2.75) is 25.8 Å². The number of halogens is 1. The first kappa shape index (κ1) is 18.1. The van der Waals surface area contributed by atoms with Crippen LogP contribution in [0.1, 0.15) is 24.0 Å². The first-order chi connectivity index (χ1) is 13.2. The third kappa shape index (κ3) is 4.20. The van der Waals surface area contributed by atoms with Gasteiger partial charge in [-0.05, 0) is 61.8 Å². The summed E-state index contributed by atoms with van der Waals surface area (Å²) < 4.78 is 0.990. The van der Waals surface area contributed by atoms with E-state index in [1.165, 1.54) is 31.5 Å². The number of nitrogens with one attached hydrogen (secondary N) is 1. The number of fused-ring (bicyclic) bond motifs is 1. The van der Waals surface area contributed by atoms with Gasteiger partial charge in [0.2, 0.25) is 0 Å². The Bertz CT molecular complexity index is 950. The van der Waals surface area contributed by atoms with Crippen molar-refractivity contribution < 1.29 is 4.79 Å². The second kappa shape index (κ2) is 8.19. The molecular formula is C22H22BrN3O. The summed E-state index contributed by atoms with van der Waals surface area (Å²) in [5.74, 6) is 0. The van der Waals surface area contributed by atoms with E-state index in [1.807, 2.05) is 18.2 Å². The lowest BCUT2D eigenvalue weighted by molar-refractivity contribution is -0.107. The van der Waals surface area contributed by atoms with E-state index in [9.17, 15) is 4.79 Å². The molecule has 4 nitrogen and oxygen atoms in total. The van der Waals surface area contributed by atoms with E-state index in [-0.39, 0.29) is 0 Å². The number of aldehydes is 1. The van der Waals surface area contributed by atoms with Crippen molar-refractivity contribution >= 4 is 44.5 Å². The number of anilines is 2. The fourth-order valence-electron chi connectivity index (χ4n) is 3.63. The van der Waals surface area contributed by atoms with Crippen LogP contribution in [0.5, 0.6) is 0 Å². The van der Waals surface area contributed by atoms with Crippen molar-refractivity contribution in [2.24, 2.45) is 0 Å². The average molecular weight is 424 g/mol. The number of carbonyl (C=O) groups excluding carboxylic acids is 1. The van der Waals surface area contributed by atoms with Crippen LogP contribution in [0, 0.1) is 0 Å². The molecule has 0 bridgehead atoms. The number of hydrogen-bond donors (Lipinski definition) is 1. The van der Waals surface area contributed by atoms with Gasteiger partial charge in [-0.3, -0.25) is 9.88 Å². The van der Waals surface area contributed by atoms with Crippen molar-refractivity contribution in [1.82, 2.24) is 9.88 Å². The lowest BCUT2D eigenvalue weighted by Gasteiger charge is -2.16. The summed E-state index contributed by atoms with van der Waals surface area (Å²) in [6.07, 6.45) is 5.67. The van der Waals surface area contributed by atoms with Crippen molar-refractivity contribution in [2.75, 3.05) is 18.4 Å². The predicted octanol–water partition coefficient (Wildman–Crippen LogP) is 5.08. The Hall–Kier alpha value is -2.24. The Balaban J connectivity index is 1.62. The van der Waals surface area contributed by atoms with Gasteiger partial charge in [-0.1, -0.05) is 28.1 Å². The zero-order valence-corrected chi connectivity index (χ0v) is 16.7. The number of carbonyl (C=O) groups is 1. The Morgan fingerprint density at radius 3 is 2.63 bits per heavy atom. The first-order valence-corrected chi connectivity index (χ1v) is 10.1. The van der Waals surface area contributed by atoms with Crippen LogP contribution in [0.4, 0.5) is 11.4 Å². The molecule has 4 rings (SSSR count). The monoisotopic (exact) mass is 423 g/mol. The van der Waals surface area contributed by atoms with Crippen LogP contribution >= 0.6 is 15.9 Å². The maximum atomic E-state index is 11.1. The van der Waals surface area contributed by atoms with E-state index in [0.29, 0.717) is 6.42 Å². The molecule has 5 heteroatoms. The predicted molar refractivity (Wildman–Crippen MR) is 113 cm³/mol. The van der Waals surface area contributed by atoms with E-state index in [4.69, 9.17) is 0 Å². The number of rotatable bonds is 6. The zero-order chi connectivity index (χ0) is 18.6. The Labute approximate surface area is 167 Å². The smallest absolute Gasteiger partial charge is 0.124 e. The van der Waals surface area contributed by atoms with Gasteiger partial charge in [0.1, 0.15) is 6.29 Å². The number of pyridine rings is 1. The minimum absolute atomic E-state index is 0.338. The molecule has 1 N–H and O–H groups in total. The molecule has 3 aromatic rings. The van der Waals surface area contributed by atoms with Gasteiger partial charge in [0.25, 0.3) is 0 Å². The molecule has 1 aliphatic heterocycles. The van der Waals surface area contributed by atoms with Gasteiger partial charge in [-0.25, -0.2) is 0 Å². The lowest BCUT2D eigenvalue weighted by atomic mass is 10.1. The number of benzene rings is 2. The Morgan fingerprint density at radius 1 is 1.11 bits per heavy atom. The van der Waals surface area contributed by atoms with Crippen LogP contribution in [0.3, 0.4) is 0 Å². The Morgan fingerprint density at radius 2 is 1.89 bits per heavy atom. The quantitative estimate of drug-likeness (QED) is 0.561. The van der Waals surface area contributed by atoms with Crippen LogP contribution in [0.15, 0.2) is 53.1 Å². The van der Waals surface area contributed by atoms with Crippen LogP contribution in [-0.4, -0.2) is 29.3 Å². The normalized spacial score (nSPS) is 14.6. The average Bonchev–Trinajstić information content (AvgIpc) is 3.18. The van der Waals surface area contributed by atoms with Gasteiger partial charge in [0.15, 0.2) is 0 Å². The third-order valence-electron chi connectivity index (χ3n) is 5.04. The lowest BCUT2D eigenvalue weighted by Crippen LogP contribution is -2.18. The SMILES string of the molecule is O=CCc1cnc2ccc(Br)cc2c1Nc1ccc(CN2CCCC2)cc1. The molecule has 2 heterocycles. The van der Waals surface area contributed by atoms with E-state index in [1.54, 1.807) is 6.20 Å². The second-order valence-electron chi connectivity index (χ2n) is 7.00. The van der Waals surface area contributed by atoms with Crippen LogP contribution < -0.4 is 5.32 Å². The van der Waals surface area contributed by atoms with Gasteiger partial charge in [-0.15, -0.1) is 0 Å². The van der Waals surface area contributed by atoms with E-state index in [2.05, 4.69) is 55.4 Å². The van der Waals surface area contributed by atoms with Crippen molar-refractivity contribution in [3.8, 4) is 0 Å². The van der Waals surface area contributed by atoms with Crippen molar-refractivity contribution in [3.05, 3.63) is 64.3 Å². The standard InChI is InChI=1S/C22H22BrN3O/c23-18-5-8-21-20(13-18)22(17(9-12-27)14-24-21)25-19-6-3-16(4-7-19)15-26-10-1-2-11-26/h3-8,12-14H,1-2,9-11,15H2,(H,24,25). The van der Waals surface area contributed by atoms with Crippen molar-refractivity contribution in [1.29, 1.82) is 0 Å². The van der Waals surface area contributed by atoms with Crippen molar-refractivity contribution in [3.63, 3.8) is 0 Å². The van der Waals surface area contributed by atoms with Gasteiger partial charge in [0.05, 0.1) is 11.2 Å². The molecule has 0 spiro atoms. The van der Waals surface area contributed by atoms with Gasteiger partial charge >= 0.3 is 0 Å². The van der Waals surface area contributed by atoms with Crippen LogP contribution in [0.25, 0.3) is 10.9 Å². The summed E-state index contributed by atoms with van der Waals surface area (Å²) in [5.41, 5.74) is 5.09. The summed E-state index contributed by atoms with van der Waals surface area (Å²) >= 11 is 3.54. The minimum Gasteiger partial charge on any atom is -0.355 e. The van der Waals surface area contributed by atoms with Crippen LogP contribution in [0.2, 0.25) is 0 Å². The molecule has 0 atom stereocenters. The summed E-state index contributed by atoms with van der Waals surface area (Å²) in [5, 5.41) is 4.52. The maximum absolute atomic E-state index is 11.1. The second-order valence-corrected chi connectivity index (χ2v) is 7.91. The summed E-state index contributed by atoms with van der Waals surface area (Å²) in [6.45, 7) is 3.42. The maximum Gasteiger partial charge on any atom is 0.124 e. The number of nitrogens with zero attached hydrogens (tertiary/aromatic N) is 2. The minimum atomic E-state index is 0.338. The van der Waals surface area contributed by atoms with Crippen LogP contribution in [-0.2, 0) is 17.8 Å². The summed E-state index contributed by atoms with van der Waals surface area (Å²) in [4.78, 5) is 18.1. The van der Waals surface area contributed by atoms with E-state index in [0.717, 1.165) is 45.1 Å². The van der Waals surface area contributed by atoms with Gasteiger partial charge < -0.3 is 10.1 Å². The fourth-order valence-corrected chi connectivity index (χ4v) is 4.00. The third-order valence-corrected chi connectivity index (χ3v) is 5.53. The Kier molecular flexibility index (Phi) is 5.50. The molecule has 1 saturated heterocycles. The molecule has 138 valence electrons. The largest absolute Gasteiger partial charge is 0.355 e. The topological polar surface area (TPSA) is 45.2 Å². The molecule has 0 radical (unpaired) electrons. The molecule has 0 amide bonds. The molecule has 1 aliphatic rings. The molecule has 0 saturated carbocycles. The molecule has 27 heavy (non-hydrogen) atoms. The van der Waals surface area contributed by atoms with Gasteiger partial charge in [-0.2, -0.15) is 0 Å². The zero-order valence-electron chi connectivity index (χ0n) is 15.1. The van der Waals surface area contributed by atoms with Gasteiger partial charge in [0, 0.05) is 40.3 Å². The highest BCUT2D eigenvalue weighted by Gasteiger charge is 2.12. The number of aromatic nitrogens is 1.